The molecule has 0 aliphatic carbocycles. The van der Waals surface area contributed by atoms with Crippen LogP contribution in [0.5, 0.6) is 0 Å². The number of likely N-dealkylation sites (N-methyl/N-ethyl adjacent to an activating group) is 1. The molecule has 0 aromatic carbocycles. The molecule has 0 spiro atoms. The van der Waals surface area contributed by atoms with E-state index in [-0.39, 0.29) is 55.4 Å². The van der Waals surface area contributed by atoms with Gasteiger partial charge in [-0.15, -0.1) is 0 Å². The average molecular weight is 271 g/mol. The SMILES string of the molecule is CCN(CC)CC(=O)O.[BaH2]. The molecule has 0 saturated carbocycles. The van der Waals surface area contributed by atoms with Gasteiger partial charge in [-0.25, -0.2) is 0 Å². The van der Waals surface area contributed by atoms with Gasteiger partial charge < -0.3 is 5.11 Å². The van der Waals surface area contributed by atoms with Crippen molar-refractivity contribution in [2.45, 2.75) is 13.8 Å². The summed E-state index contributed by atoms with van der Waals surface area (Å²) in [7, 11) is 0. The summed E-state index contributed by atoms with van der Waals surface area (Å²) >= 11 is 0. The van der Waals surface area contributed by atoms with Gasteiger partial charge in [0.25, 0.3) is 0 Å². The monoisotopic (exact) mass is 271 g/mol. The summed E-state index contributed by atoms with van der Waals surface area (Å²) in [6.45, 7) is 5.68. The molecule has 4 heteroatoms. The third-order valence-corrected chi connectivity index (χ3v) is 1.25. The van der Waals surface area contributed by atoms with Gasteiger partial charge in [-0.2, -0.15) is 0 Å². The molecule has 0 aliphatic rings. The van der Waals surface area contributed by atoms with Gasteiger partial charge in [0.15, 0.2) is 0 Å². The average Bonchev–Trinajstić information content (AvgIpc) is 1.82. The van der Waals surface area contributed by atoms with Crippen LogP contribution in [0, 0.1) is 0 Å². The Morgan fingerprint density at radius 1 is 1.40 bits per heavy atom. The summed E-state index contributed by atoms with van der Waals surface area (Å²) in [6.07, 6.45) is 0. The Morgan fingerprint density at radius 2 is 1.80 bits per heavy atom. The summed E-state index contributed by atoms with van der Waals surface area (Å²) in [5, 5.41) is 8.30. The van der Waals surface area contributed by atoms with E-state index in [9.17, 15) is 4.79 Å². The van der Waals surface area contributed by atoms with Gasteiger partial charge in [-0.1, -0.05) is 13.8 Å². The Morgan fingerprint density at radius 3 is 1.90 bits per heavy atom. The number of aliphatic carboxylic acids is 1. The van der Waals surface area contributed by atoms with Crippen molar-refractivity contribution >= 4 is 54.9 Å². The van der Waals surface area contributed by atoms with Crippen molar-refractivity contribution in [3.8, 4) is 0 Å². The normalized spacial score (nSPS) is 9.10. The first-order valence-electron chi connectivity index (χ1n) is 3.14. The summed E-state index contributed by atoms with van der Waals surface area (Å²) in [5.41, 5.74) is 0. The molecule has 0 bridgehead atoms. The fraction of sp³-hybridized carbons (Fsp3) is 0.833. The number of carbonyl (C=O) groups is 1. The maximum atomic E-state index is 10.1. The molecule has 0 unspecified atom stereocenters. The molecule has 0 saturated heterocycles. The molecule has 0 aromatic heterocycles. The van der Waals surface area contributed by atoms with Gasteiger partial charge in [0.05, 0.1) is 6.54 Å². The van der Waals surface area contributed by atoms with E-state index in [4.69, 9.17) is 5.11 Å². The van der Waals surface area contributed by atoms with Crippen LogP contribution in [0.1, 0.15) is 13.8 Å². The van der Waals surface area contributed by atoms with E-state index in [1.807, 2.05) is 18.7 Å². The van der Waals surface area contributed by atoms with E-state index < -0.39 is 5.97 Å². The quantitative estimate of drug-likeness (QED) is 0.700. The molecule has 1 N–H and O–H groups in total. The molecule has 0 aromatic rings. The molecule has 0 radical (unpaired) electrons. The molecule has 0 rings (SSSR count). The second-order valence-corrected chi connectivity index (χ2v) is 1.86. The number of hydrogen-bond acceptors (Lipinski definition) is 2. The van der Waals surface area contributed by atoms with Crippen LogP contribution in [0.2, 0.25) is 0 Å². The Kier molecular flexibility index (Phi) is 11.0. The third kappa shape index (κ3) is 7.11. The maximum absolute atomic E-state index is 10.1. The van der Waals surface area contributed by atoms with Crippen LogP contribution >= 0.6 is 0 Å². The molecule has 0 atom stereocenters. The van der Waals surface area contributed by atoms with E-state index in [1.54, 1.807) is 0 Å². The zero-order chi connectivity index (χ0) is 7.28. The minimum atomic E-state index is -0.751. The first-order chi connectivity index (χ1) is 4.20. The van der Waals surface area contributed by atoms with Crippen molar-refractivity contribution in [1.29, 1.82) is 0 Å². The topological polar surface area (TPSA) is 40.5 Å². The van der Waals surface area contributed by atoms with Crippen LogP contribution in [0.4, 0.5) is 0 Å². The minimum absolute atomic E-state index is 0. The zero-order valence-corrected chi connectivity index (χ0v) is 5.92. The first-order valence-corrected chi connectivity index (χ1v) is 3.14. The predicted molar refractivity (Wildman–Crippen MR) is 44.0 cm³/mol. The summed E-state index contributed by atoms with van der Waals surface area (Å²) < 4.78 is 0. The molecule has 3 nitrogen and oxygen atoms in total. The van der Waals surface area contributed by atoms with Crippen LogP contribution in [-0.2, 0) is 4.79 Å². The van der Waals surface area contributed by atoms with Crippen molar-refractivity contribution in [1.82, 2.24) is 4.90 Å². The van der Waals surface area contributed by atoms with Crippen LogP contribution in [0.25, 0.3) is 0 Å². The summed E-state index contributed by atoms with van der Waals surface area (Å²) in [6, 6.07) is 0. The Balaban J connectivity index is 0. The van der Waals surface area contributed by atoms with Crippen LogP contribution in [0.3, 0.4) is 0 Å². The Hall–Kier alpha value is 1.00. The number of hydrogen-bond donors (Lipinski definition) is 1. The molecule has 0 amide bonds. The predicted octanol–water partition coefficient (Wildman–Crippen LogP) is -0.503. The third-order valence-electron chi connectivity index (χ3n) is 1.25. The first kappa shape index (κ1) is 13.6. The number of rotatable bonds is 4. The summed E-state index contributed by atoms with van der Waals surface area (Å²) in [5.74, 6) is -0.751. The standard InChI is InChI=1S/C6H13NO2.Ba.2H/c1-3-7(4-2)5-6(8)9;;;/h3-5H2,1-2H3,(H,8,9);;;. The Bertz CT molecular complexity index is 93.7. The molecule has 0 aliphatic heterocycles. The fourth-order valence-corrected chi connectivity index (χ4v) is 0.639. The van der Waals surface area contributed by atoms with Crippen molar-refractivity contribution in [3.63, 3.8) is 0 Å². The molecule has 0 heterocycles. The molecule has 0 fully saturated rings. The number of carboxylic acids is 1. The molecule has 10 heavy (non-hydrogen) atoms. The number of carboxylic acid groups (broad SMARTS) is 1. The van der Waals surface area contributed by atoms with E-state index in [1.165, 1.54) is 0 Å². The van der Waals surface area contributed by atoms with Crippen molar-refractivity contribution < 1.29 is 9.90 Å². The van der Waals surface area contributed by atoms with E-state index in [2.05, 4.69) is 0 Å². The van der Waals surface area contributed by atoms with Gasteiger partial charge in [-0.05, 0) is 13.1 Å². The molecular formula is C6H15BaNO2. The number of nitrogens with zero attached hydrogens (tertiary/aromatic N) is 1. The molecule has 58 valence electrons. The van der Waals surface area contributed by atoms with Gasteiger partial charge in [-0.3, -0.25) is 9.69 Å². The van der Waals surface area contributed by atoms with Crippen molar-refractivity contribution in [2.24, 2.45) is 0 Å². The molecular weight excluding hydrogens is 255 g/mol. The van der Waals surface area contributed by atoms with Crippen LogP contribution in [0.15, 0.2) is 0 Å². The zero-order valence-electron chi connectivity index (χ0n) is 5.92. The van der Waals surface area contributed by atoms with Crippen LogP contribution in [-0.4, -0.2) is 84.5 Å². The van der Waals surface area contributed by atoms with E-state index >= 15 is 0 Å². The van der Waals surface area contributed by atoms with Crippen molar-refractivity contribution in [2.75, 3.05) is 19.6 Å². The van der Waals surface area contributed by atoms with E-state index in [0.29, 0.717) is 0 Å². The van der Waals surface area contributed by atoms with Gasteiger partial charge >= 0.3 is 54.9 Å². The summed E-state index contributed by atoms with van der Waals surface area (Å²) in [4.78, 5) is 11.9. The van der Waals surface area contributed by atoms with Gasteiger partial charge in [0.1, 0.15) is 0 Å². The van der Waals surface area contributed by atoms with Crippen molar-refractivity contribution in [3.05, 3.63) is 0 Å². The van der Waals surface area contributed by atoms with Gasteiger partial charge in [0.2, 0.25) is 0 Å². The van der Waals surface area contributed by atoms with E-state index in [0.717, 1.165) is 13.1 Å². The second kappa shape index (κ2) is 8.10. The Labute approximate surface area is 102 Å². The second-order valence-electron chi connectivity index (χ2n) is 1.86. The fourth-order valence-electron chi connectivity index (χ4n) is 0.639. The van der Waals surface area contributed by atoms with Crippen LogP contribution < -0.4 is 0 Å². The van der Waals surface area contributed by atoms with Gasteiger partial charge in [0, 0.05) is 0 Å².